The van der Waals surface area contributed by atoms with Gasteiger partial charge >= 0.3 is 0 Å². The highest BCUT2D eigenvalue weighted by Crippen LogP contribution is 2.40. The first-order valence-corrected chi connectivity index (χ1v) is 8.10. The average molecular weight is 410 g/mol. The molecular weight excluding hydrogens is 396 g/mol. The third-order valence-electron chi connectivity index (χ3n) is 3.59. The van der Waals surface area contributed by atoms with E-state index in [1.165, 1.54) is 5.56 Å². The Balaban J connectivity index is 2.31. The van der Waals surface area contributed by atoms with Gasteiger partial charge in [0.15, 0.2) is 5.58 Å². The van der Waals surface area contributed by atoms with E-state index in [0.717, 1.165) is 36.7 Å². The second-order valence-corrected chi connectivity index (χ2v) is 6.77. The normalized spacial score (nSPS) is 11.3. The first-order chi connectivity index (χ1) is 9.90. The molecule has 0 saturated carbocycles. The predicted molar refractivity (Wildman–Crippen MR) is 93.5 cm³/mol. The molecule has 0 aliphatic rings. The summed E-state index contributed by atoms with van der Waals surface area (Å²) in [6.45, 7) is 6.09. The number of rotatable bonds is 1. The first kappa shape index (κ1) is 14.6. The highest BCUT2D eigenvalue weighted by Gasteiger charge is 2.19. The van der Waals surface area contributed by atoms with E-state index < -0.39 is 0 Å². The maximum absolute atomic E-state index is 6.07. The zero-order valence-corrected chi connectivity index (χ0v) is 15.1. The third-order valence-corrected chi connectivity index (χ3v) is 5.41. The van der Waals surface area contributed by atoms with Gasteiger partial charge in [0.1, 0.15) is 5.52 Å². The number of hydrogen-bond acceptors (Lipinski definition) is 3. The summed E-state index contributed by atoms with van der Waals surface area (Å²) < 4.78 is 7.59. The number of halogens is 2. The molecule has 0 aliphatic carbocycles. The number of aryl methyl sites for hydroxylation is 3. The van der Waals surface area contributed by atoms with Gasteiger partial charge in [-0.2, -0.15) is 0 Å². The second-order valence-electron chi connectivity index (χ2n) is 5.18. The number of fused-ring (bicyclic) bond motifs is 1. The Bertz CT molecular complexity index is 824. The second kappa shape index (κ2) is 5.14. The lowest BCUT2D eigenvalue weighted by atomic mass is 10.1. The molecule has 0 amide bonds. The van der Waals surface area contributed by atoms with Crippen LogP contribution in [-0.2, 0) is 0 Å². The summed E-state index contributed by atoms with van der Waals surface area (Å²) in [5.41, 5.74) is 12.5. The molecule has 1 heterocycles. The van der Waals surface area contributed by atoms with Crippen LogP contribution in [0.2, 0.25) is 0 Å². The standard InChI is InChI=1S/C16H14Br2N2O/c1-7-4-5-10(8(2)6-7)16-20-14-12(18)13(19)11(17)9(3)15(14)21-16/h4-6H,19H2,1-3H3. The van der Waals surface area contributed by atoms with Crippen molar-refractivity contribution in [1.82, 2.24) is 4.98 Å². The number of nitrogens with two attached hydrogens (primary N) is 1. The van der Waals surface area contributed by atoms with Crippen LogP contribution in [0.5, 0.6) is 0 Å². The fourth-order valence-corrected chi connectivity index (χ4v) is 3.53. The van der Waals surface area contributed by atoms with Crippen LogP contribution in [-0.4, -0.2) is 4.98 Å². The minimum Gasteiger partial charge on any atom is -0.436 e. The highest BCUT2D eigenvalue weighted by atomic mass is 79.9. The zero-order chi connectivity index (χ0) is 15.3. The summed E-state index contributed by atoms with van der Waals surface area (Å²) in [7, 11) is 0. The summed E-state index contributed by atoms with van der Waals surface area (Å²) in [5, 5.41) is 0. The Hall–Kier alpha value is -1.33. The van der Waals surface area contributed by atoms with E-state index in [9.17, 15) is 0 Å². The molecule has 2 aromatic carbocycles. The number of anilines is 1. The van der Waals surface area contributed by atoms with Crippen LogP contribution in [0, 0.1) is 20.8 Å². The highest BCUT2D eigenvalue weighted by molar-refractivity contribution is 9.11. The SMILES string of the molecule is Cc1ccc(-c2nc3c(Br)c(N)c(Br)c(C)c3o2)c(C)c1. The topological polar surface area (TPSA) is 52.0 Å². The molecule has 1 aromatic heterocycles. The van der Waals surface area contributed by atoms with Crippen molar-refractivity contribution in [1.29, 1.82) is 0 Å². The molecule has 5 heteroatoms. The molecule has 0 bridgehead atoms. The van der Waals surface area contributed by atoms with Crippen molar-refractivity contribution in [3.8, 4) is 11.5 Å². The Morgan fingerprint density at radius 3 is 2.48 bits per heavy atom. The Morgan fingerprint density at radius 1 is 1.10 bits per heavy atom. The van der Waals surface area contributed by atoms with Gasteiger partial charge in [-0.15, -0.1) is 0 Å². The number of oxazole rings is 1. The van der Waals surface area contributed by atoms with Crippen LogP contribution in [0.4, 0.5) is 5.69 Å². The van der Waals surface area contributed by atoms with E-state index in [1.807, 2.05) is 13.0 Å². The van der Waals surface area contributed by atoms with E-state index in [-0.39, 0.29) is 0 Å². The fraction of sp³-hybridized carbons (Fsp3) is 0.188. The minimum atomic E-state index is 0.615. The maximum Gasteiger partial charge on any atom is 0.227 e. The summed E-state index contributed by atoms with van der Waals surface area (Å²) >= 11 is 7.00. The molecule has 0 aliphatic heterocycles. The van der Waals surface area contributed by atoms with E-state index in [0.29, 0.717) is 11.6 Å². The van der Waals surface area contributed by atoms with E-state index in [1.54, 1.807) is 0 Å². The Labute approximate surface area is 139 Å². The smallest absolute Gasteiger partial charge is 0.227 e. The van der Waals surface area contributed by atoms with Crippen LogP contribution >= 0.6 is 31.9 Å². The molecule has 21 heavy (non-hydrogen) atoms. The minimum absolute atomic E-state index is 0.615. The van der Waals surface area contributed by atoms with E-state index in [2.05, 4.69) is 62.8 Å². The molecule has 0 saturated heterocycles. The number of hydrogen-bond donors (Lipinski definition) is 1. The van der Waals surface area contributed by atoms with Gasteiger partial charge < -0.3 is 10.2 Å². The zero-order valence-electron chi connectivity index (χ0n) is 11.9. The third kappa shape index (κ3) is 2.28. The average Bonchev–Trinajstić information content (AvgIpc) is 2.88. The van der Waals surface area contributed by atoms with Gasteiger partial charge in [0.25, 0.3) is 0 Å². The molecule has 0 fully saturated rings. The molecule has 0 unspecified atom stereocenters. The largest absolute Gasteiger partial charge is 0.436 e. The molecular formula is C16H14Br2N2O. The van der Waals surface area contributed by atoms with Gasteiger partial charge in [-0.1, -0.05) is 17.7 Å². The van der Waals surface area contributed by atoms with Gasteiger partial charge in [-0.05, 0) is 64.3 Å². The van der Waals surface area contributed by atoms with Gasteiger partial charge in [0.05, 0.1) is 10.2 Å². The van der Waals surface area contributed by atoms with E-state index in [4.69, 9.17) is 10.2 Å². The summed E-state index contributed by atoms with van der Waals surface area (Å²) in [5.74, 6) is 0.615. The quantitative estimate of drug-likeness (QED) is 0.537. The molecule has 3 aromatic rings. The van der Waals surface area contributed by atoms with Crippen molar-refractivity contribution in [2.24, 2.45) is 0 Å². The predicted octanol–water partition coefficient (Wildman–Crippen LogP) is 5.53. The molecule has 0 radical (unpaired) electrons. The molecule has 0 spiro atoms. The molecule has 3 rings (SSSR count). The number of aromatic nitrogens is 1. The van der Waals surface area contributed by atoms with Crippen molar-refractivity contribution in [3.05, 3.63) is 43.8 Å². The summed E-state index contributed by atoms with van der Waals surface area (Å²) in [6, 6.07) is 6.22. The number of benzene rings is 2. The number of nitrogens with zero attached hydrogens (tertiary/aromatic N) is 1. The van der Waals surface area contributed by atoms with Crippen LogP contribution in [0.15, 0.2) is 31.6 Å². The van der Waals surface area contributed by atoms with Crippen molar-refractivity contribution in [3.63, 3.8) is 0 Å². The Morgan fingerprint density at radius 2 is 1.81 bits per heavy atom. The molecule has 0 atom stereocenters. The summed E-state index contributed by atoms with van der Waals surface area (Å²) in [4.78, 5) is 4.62. The number of nitrogen functional groups attached to an aromatic ring is 1. The lowest BCUT2D eigenvalue weighted by Crippen LogP contribution is -1.92. The van der Waals surface area contributed by atoms with Crippen LogP contribution in [0.3, 0.4) is 0 Å². The van der Waals surface area contributed by atoms with Crippen molar-refractivity contribution < 1.29 is 4.42 Å². The van der Waals surface area contributed by atoms with Crippen LogP contribution < -0.4 is 5.73 Å². The van der Waals surface area contributed by atoms with Gasteiger partial charge in [0.2, 0.25) is 5.89 Å². The van der Waals surface area contributed by atoms with Gasteiger partial charge in [0, 0.05) is 15.6 Å². The van der Waals surface area contributed by atoms with Crippen molar-refractivity contribution >= 4 is 48.6 Å². The van der Waals surface area contributed by atoms with E-state index >= 15 is 0 Å². The Kier molecular flexibility index (Phi) is 3.58. The first-order valence-electron chi connectivity index (χ1n) is 6.51. The van der Waals surface area contributed by atoms with Crippen LogP contribution in [0.1, 0.15) is 16.7 Å². The van der Waals surface area contributed by atoms with Gasteiger partial charge in [-0.3, -0.25) is 0 Å². The molecule has 2 N–H and O–H groups in total. The molecule has 108 valence electrons. The molecule has 3 nitrogen and oxygen atoms in total. The monoisotopic (exact) mass is 408 g/mol. The fourth-order valence-electron chi connectivity index (χ4n) is 2.42. The van der Waals surface area contributed by atoms with Crippen LogP contribution in [0.25, 0.3) is 22.6 Å². The van der Waals surface area contributed by atoms with Crippen molar-refractivity contribution in [2.75, 3.05) is 5.73 Å². The lowest BCUT2D eigenvalue weighted by molar-refractivity contribution is 0.616. The van der Waals surface area contributed by atoms with Gasteiger partial charge in [-0.25, -0.2) is 4.98 Å². The lowest BCUT2D eigenvalue weighted by Gasteiger charge is -2.05. The summed E-state index contributed by atoms with van der Waals surface area (Å²) in [6.07, 6.45) is 0. The maximum atomic E-state index is 6.07. The van der Waals surface area contributed by atoms with Crippen molar-refractivity contribution in [2.45, 2.75) is 20.8 Å².